The molecule has 0 bridgehead atoms. The lowest BCUT2D eigenvalue weighted by molar-refractivity contribution is -0.116. The normalized spacial score (nSPS) is 11.2. The molecule has 5 nitrogen and oxygen atoms in total. The highest BCUT2D eigenvalue weighted by molar-refractivity contribution is 9.10. The van der Waals surface area contributed by atoms with Gasteiger partial charge in [0.1, 0.15) is 0 Å². The molecule has 4 aromatic rings. The van der Waals surface area contributed by atoms with E-state index >= 15 is 0 Å². The van der Waals surface area contributed by atoms with E-state index < -0.39 is 0 Å². The monoisotopic (exact) mass is 504 g/mol. The second kappa shape index (κ2) is 9.25. The van der Waals surface area contributed by atoms with Gasteiger partial charge in [0.25, 0.3) is 0 Å². The standard InChI is InChI=1S/C22H19BrCl2N4O/c23-18-13-29(12-15-8-9-16(24)10-19(15)25)28-22(18)27-21(30)7-3-4-14-11-26-20-6-2-1-5-17(14)20/h1-2,5-6,8-11,13,26H,3-4,7,12H2,(H,27,28,30). The Kier molecular flexibility index (Phi) is 6.46. The Morgan fingerprint density at radius 1 is 1.17 bits per heavy atom. The summed E-state index contributed by atoms with van der Waals surface area (Å²) in [5, 5.41) is 9.70. The number of benzene rings is 2. The fourth-order valence-electron chi connectivity index (χ4n) is 3.36. The lowest BCUT2D eigenvalue weighted by Crippen LogP contribution is -2.13. The van der Waals surface area contributed by atoms with Crippen molar-refractivity contribution in [2.75, 3.05) is 5.32 Å². The van der Waals surface area contributed by atoms with Crippen molar-refractivity contribution >= 4 is 61.8 Å². The average Bonchev–Trinajstić information content (AvgIpc) is 3.27. The number of fused-ring (bicyclic) bond motifs is 1. The van der Waals surface area contributed by atoms with E-state index in [1.54, 1.807) is 16.8 Å². The van der Waals surface area contributed by atoms with Crippen LogP contribution in [0.4, 0.5) is 5.82 Å². The number of carbonyl (C=O) groups is 1. The lowest BCUT2D eigenvalue weighted by atomic mass is 10.1. The average molecular weight is 506 g/mol. The third kappa shape index (κ3) is 4.89. The summed E-state index contributed by atoms with van der Waals surface area (Å²) in [7, 11) is 0. The number of aromatic amines is 1. The number of hydrogen-bond donors (Lipinski definition) is 2. The van der Waals surface area contributed by atoms with E-state index in [0.29, 0.717) is 28.8 Å². The predicted octanol–water partition coefficient (Wildman–Crippen LogP) is 6.44. The van der Waals surface area contributed by atoms with Crippen LogP contribution in [-0.4, -0.2) is 20.7 Å². The molecule has 4 rings (SSSR count). The minimum atomic E-state index is -0.0645. The van der Waals surface area contributed by atoms with Crippen LogP contribution in [0.3, 0.4) is 0 Å². The highest BCUT2D eigenvalue weighted by Crippen LogP contribution is 2.25. The quantitative estimate of drug-likeness (QED) is 0.303. The van der Waals surface area contributed by atoms with Gasteiger partial charge < -0.3 is 10.3 Å². The highest BCUT2D eigenvalue weighted by Gasteiger charge is 2.12. The van der Waals surface area contributed by atoms with Crippen molar-refractivity contribution in [2.24, 2.45) is 0 Å². The number of nitrogens with one attached hydrogen (secondary N) is 2. The largest absolute Gasteiger partial charge is 0.361 e. The predicted molar refractivity (Wildman–Crippen MR) is 125 cm³/mol. The molecule has 2 N–H and O–H groups in total. The molecule has 1 amide bonds. The molecule has 2 aromatic heterocycles. The fraction of sp³-hybridized carbons (Fsp3) is 0.182. The van der Waals surface area contributed by atoms with Gasteiger partial charge in [-0.25, -0.2) is 0 Å². The molecule has 0 fully saturated rings. The maximum atomic E-state index is 12.4. The first-order valence-electron chi connectivity index (χ1n) is 9.51. The van der Waals surface area contributed by atoms with Gasteiger partial charge in [0.05, 0.1) is 11.0 Å². The Bertz CT molecular complexity index is 1200. The van der Waals surface area contributed by atoms with Gasteiger partial charge in [0, 0.05) is 39.8 Å². The molecule has 2 aromatic carbocycles. The molecule has 0 aliphatic rings. The van der Waals surface area contributed by atoms with Gasteiger partial charge in [-0.3, -0.25) is 9.48 Å². The summed E-state index contributed by atoms with van der Waals surface area (Å²) < 4.78 is 2.44. The zero-order valence-corrected chi connectivity index (χ0v) is 19.1. The number of nitrogens with zero attached hydrogens (tertiary/aromatic N) is 2. The molecule has 0 unspecified atom stereocenters. The molecular formula is C22H19BrCl2N4O. The molecular weight excluding hydrogens is 487 g/mol. The Hall–Kier alpha value is -2.28. The third-order valence-electron chi connectivity index (χ3n) is 4.85. The number of aryl methyl sites for hydroxylation is 1. The lowest BCUT2D eigenvalue weighted by Gasteiger charge is -2.05. The van der Waals surface area contributed by atoms with Crippen molar-refractivity contribution in [3.63, 3.8) is 0 Å². The minimum absolute atomic E-state index is 0.0645. The van der Waals surface area contributed by atoms with E-state index in [1.165, 1.54) is 10.9 Å². The summed E-state index contributed by atoms with van der Waals surface area (Å²) in [6, 6.07) is 13.5. The van der Waals surface area contributed by atoms with Gasteiger partial charge in [0.2, 0.25) is 5.91 Å². The zero-order chi connectivity index (χ0) is 21.1. The van der Waals surface area contributed by atoms with Crippen LogP contribution >= 0.6 is 39.1 Å². The molecule has 2 heterocycles. The molecule has 8 heteroatoms. The van der Waals surface area contributed by atoms with Gasteiger partial charge >= 0.3 is 0 Å². The number of H-pyrrole nitrogens is 1. The second-order valence-electron chi connectivity index (χ2n) is 7.02. The Balaban J connectivity index is 1.33. The van der Waals surface area contributed by atoms with Gasteiger partial charge in [-0.05, 0) is 58.1 Å². The molecule has 0 spiro atoms. The summed E-state index contributed by atoms with van der Waals surface area (Å²) in [6.07, 6.45) is 5.84. The SMILES string of the molecule is O=C(CCCc1c[nH]c2ccccc12)Nc1nn(Cc2ccc(Cl)cc2Cl)cc1Br. The molecule has 0 aliphatic carbocycles. The number of anilines is 1. The molecule has 0 saturated carbocycles. The molecule has 30 heavy (non-hydrogen) atoms. The van der Waals surface area contributed by atoms with Crippen LogP contribution in [0.25, 0.3) is 10.9 Å². The molecule has 0 atom stereocenters. The summed E-state index contributed by atoms with van der Waals surface area (Å²) in [5.41, 5.74) is 3.24. The van der Waals surface area contributed by atoms with Crippen LogP contribution in [0.15, 0.2) is 59.3 Å². The van der Waals surface area contributed by atoms with Crippen molar-refractivity contribution in [2.45, 2.75) is 25.8 Å². The molecule has 154 valence electrons. The first kappa shape index (κ1) is 21.0. The number of rotatable bonds is 7. The van der Waals surface area contributed by atoms with E-state index in [4.69, 9.17) is 23.2 Å². The van der Waals surface area contributed by atoms with Crippen molar-refractivity contribution in [1.29, 1.82) is 0 Å². The minimum Gasteiger partial charge on any atom is -0.361 e. The van der Waals surface area contributed by atoms with Gasteiger partial charge in [0.15, 0.2) is 5.82 Å². The maximum absolute atomic E-state index is 12.4. The van der Waals surface area contributed by atoms with Crippen LogP contribution in [-0.2, 0) is 17.8 Å². The molecule has 0 aliphatic heterocycles. The van der Waals surface area contributed by atoms with Crippen LogP contribution in [0.5, 0.6) is 0 Å². The fourth-order valence-corrected chi connectivity index (χ4v) is 4.24. The van der Waals surface area contributed by atoms with E-state index in [2.05, 4.69) is 43.5 Å². The van der Waals surface area contributed by atoms with E-state index in [9.17, 15) is 4.79 Å². The van der Waals surface area contributed by atoms with Crippen molar-refractivity contribution in [3.05, 3.63) is 80.5 Å². The number of para-hydroxylation sites is 1. The van der Waals surface area contributed by atoms with Crippen molar-refractivity contribution in [1.82, 2.24) is 14.8 Å². The van der Waals surface area contributed by atoms with E-state index in [1.807, 2.05) is 30.6 Å². The van der Waals surface area contributed by atoms with Crippen molar-refractivity contribution < 1.29 is 4.79 Å². The van der Waals surface area contributed by atoms with Gasteiger partial charge in [-0.1, -0.05) is 47.5 Å². The number of halogens is 3. The number of aromatic nitrogens is 3. The van der Waals surface area contributed by atoms with E-state index in [-0.39, 0.29) is 5.91 Å². The highest BCUT2D eigenvalue weighted by atomic mass is 79.9. The van der Waals surface area contributed by atoms with Crippen molar-refractivity contribution in [3.8, 4) is 0 Å². The zero-order valence-electron chi connectivity index (χ0n) is 16.0. The molecule has 0 saturated heterocycles. The molecule has 0 radical (unpaired) electrons. The topological polar surface area (TPSA) is 62.7 Å². The summed E-state index contributed by atoms with van der Waals surface area (Å²) in [6.45, 7) is 0.477. The van der Waals surface area contributed by atoms with Gasteiger partial charge in [-0.2, -0.15) is 5.10 Å². The first-order chi connectivity index (χ1) is 14.5. The van der Waals surface area contributed by atoms with E-state index in [0.717, 1.165) is 28.4 Å². The summed E-state index contributed by atoms with van der Waals surface area (Å²) >= 11 is 15.6. The third-order valence-corrected chi connectivity index (χ3v) is 6.01. The van der Waals surface area contributed by atoms with Crippen LogP contribution in [0.1, 0.15) is 24.0 Å². The summed E-state index contributed by atoms with van der Waals surface area (Å²) in [4.78, 5) is 15.7. The van der Waals surface area contributed by atoms with Gasteiger partial charge in [-0.15, -0.1) is 0 Å². The van der Waals surface area contributed by atoms with Crippen LogP contribution in [0.2, 0.25) is 10.0 Å². The smallest absolute Gasteiger partial charge is 0.225 e. The number of amides is 1. The number of carbonyl (C=O) groups excluding carboxylic acids is 1. The first-order valence-corrected chi connectivity index (χ1v) is 11.1. The Morgan fingerprint density at radius 2 is 2.00 bits per heavy atom. The Labute approximate surface area is 192 Å². The second-order valence-corrected chi connectivity index (χ2v) is 8.72. The number of hydrogen-bond acceptors (Lipinski definition) is 2. The Morgan fingerprint density at radius 3 is 2.83 bits per heavy atom. The van der Waals surface area contributed by atoms with Crippen LogP contribution in [0, 0.1) is 0 Å². The summed E-state index contributed by atoms with van der Waals surface area (Å²) in [5.74, 6) is 0.433. The van der Waals surface area contributed by atoms with Crippen LogP contribution < -0.4 is 5.32 Å². The maximum Gasteiger partial charge on any atom is 0.225 e.